The molecule has 0 N–H and O–H groups in total. The van der Waals surface area contributed by atoms with Gasteiger partial charge in [0.15, 0.2) is 0 Å². The van der Waals surface area contributed by atoms with E-state index < -0.39 is 0 Å². The summed E-state index contributed by atoms with van der Waals surface area (Å²) >= 11 is 0. The van der Waals surface area contributed by atoms with Crippen LogP contribution in [-0.4, -0.2) is 67.7 Å². The highest BCUT2D eigenvalue weighted by atomic mass is 16.5. The number of benzene rings is 2. The molecule has 2 aliphatic heterocycles. The zero-order valence-corrected chi connectivity index (χ0v) is 19.2. The first-order valence-electron chi connectivity index (χ1n) is 12.1. The van der Waals surface area contributed by atoms with Crippen molar-refractivity contribution in [1.29, 1.82) is 0 Å². The van der Waals surface area contributed by atoms with E-state index in [-0.39, 0.29) is 18.1 Å². The van der Waals surface area contributed by atoms with Gasteiger partial charge >= 0.3 is 0 Å². The van der Waals surface area contributed by atoms with Gasteiger partial charge in [-0.2, -0.15) is 0 Å². The minimum atomic E-state index is 0.0393. The van der Waals surface area contributed by atoms with Crippen LogP contribution in [0.3, 0.4) is 0 Å². The minimum absolute atomic E-state index is 0.0393. The average molecular weight is 437 g/mol. The van der Waals surface area contributed by atoms with Crippen molar-refractivity contribution in [3.8, 4) is 5.75 Å². The maximum Gasteiger partial charge on any atom is 0.253 e. The summed E-state index contributed by atoms with van der Waals surface area (Å²) in [6.07, 6.45) is 6.94. The van der Waals surface area contributed by atoms with Crippen LogP contribution < -0.4 is 4.74 Å². The summed E-state index contributed by atoms with van der Waals surface area (Å²) in [6.45, 7) is 4.71. The largest absolute Gasteiger partial charge is 0.490 e. The van der Waals surface area contributed by atoms with Crippen LogP contribution in [-0.2, 0) is 11.2 Å². The molecule has 5 nitrogen and oxygen atoms in total. The normalized spacial score (nSPS) is 20.1. The first kappa shape index (κ1) is 22.8. The van der Waals surface area contributed by atoms with Gasteiger partial charge in [0.2, 0.25) is 0 Å². The summed E-state index contributed by atoms with van der Waals surface area (Å²) in [7, 11) is 1.86. The molecule has 0 aliphatic carbocycles. The third kappa shape index (κ3) is 6.57. The van der Waals surface area contributed by atoms with E-state index in [2.05, 4.69) is 35.2 Å². The van der Waals surface area contributed by atoms with E-state index in [0.717, 1.165) is 64.1 Å². The van der Waals surface area contributed by atoms with Crippen LogP contribution in [0.25, 0.3) is 0 Å². The number of hydrogen-bond donors (Lipinski definition) is 0. The van der Waals surface area contributed by atoms with Crippen LogP contribution in [0.15, 0.2) is 54.6 Å². The summed E-state index contributed by atoms with van der Waals surface area (Å²) in [5, 5.41) is 0. The lowest BCUT2D eigenvalue weighted by atomic mass is 10.1. The van der Waals surface area contributed by atoms with Crippen molar-refractivity contribution in [2.24, 2.45) is 0 Å². The maximum absolute atomic E-state index is 12.7. The Morgan fingerprint density at radius 1 is 1.03 bits per heavy atom. The molecular formula is C27H36N2O3. The summed E-state index contributed by atoms with van der Waals surface area (Å²) < 4.78 is 12.0. The van der Waals surface area contributed by atoms with Gasteiger partial charge in [-0.15, -0.1) is 0 Å². The van der Waals surface area contributed by atoms with E-state index in [1.54, 1.807) is 4.90 Å². The molecule has 0 radical (unpaired) electrons. The SMILES string of the molecule is CN(C[C@H]1CCCCO1)C(=O)c1ccc(OC2CCN(CCc3ccccc3)CC2)cc1. The Morgan fingerprint density at radius 2 is 1.78 bits per heavy atom. The molecule has 2 saturated heterocycles. The first-order valence-corrected chi connectivity index (χ1v) is 12.1. The van der Waals surface area contributed by atoms with Crippen LogP contribution in [0.2, 0.25) is 0 Å². The Morgan fingerprint density at radius 3 is 2.47 bits per heavy atom. The minimum Gasteiger partial charge on any atom is -0.490 e. The lowest BCUT2D eigenvalue weighted by Gasteiger charge is -2.32. The third-order valence-electron chi connectivity index (χ3n) is 6.60. The number of amides is 1. The van der Waals surface area contributed by atoms with Crippen molar-refractivity contribution in [3.63, 3.8) is 0 Å². The molecule has 0 unspecified atom stereocenters. The van der Waals surface area contributed by atoms with Crippen LogP contribution in [0.1, 0.15) is 48.0 Å². The van der Waals surface area contributed by atoms with Gasteiger partial charge in [0.05, 0.1) is 6.10 Å². The Kier molecular flexibility index (Phi) is 8.18. The number of rotatable bonds is 8. The predicted octanol–water partition coefficient (Wildman–Crippen LogP) is 4.41. The van der Waals surface area contributed by atoms with Crippen molar-refractivity contribution in [2.75, 3.05) is 39.8 Å². The molecule has 1 atom stereocenters. The van der Waals surface area contributed by atoms with Crippen molar-refractivity contribution in [2.45, 2.75) is 50.7 Å². The van der Waals surface area contributed by atoms with Crippen molar-refractivity contribution >= 4 is 5.91 Å². The topological polar surface area (TPSA) is 42.0 Å². The van der Waals surface area contributed by atoms with Gasteiger partial charge < -0.3 is 19.3 Å². The highest BCUT2D eigenvalue weighted by Crippen LogP contribution is 2.21. The van der Waals surface area contributed by atoms with Crippen molar-refractivity contribution < 1.29 is 14.3 Å². The Bertz CT molecular complexity index is 826. The van der Waals surface area contributed by atoms with Gasteiger partial charge in [-0.1, -0.05) is 30.3 Å². The van der Waals surface area contributed by atoms with Gasteiger partial charge in [0.25, 0.3) is 5.91 Å². The molecule has 4 rings (SSSR count). The molecule has 2 aromatic carbocycles. The van der Waals surface area contributed by atoms with E-state index in [9.17, 15) is 4.79 Å². The number of likely N-dealkylation sites (tertiary alicyclic amines) is 1. The van der Waals surface area contributed by atoms with Gasteiger partial charge in [-0.05, 0) is 68.4 Å². The lowest BCUT2D eigenvalue weighted by molar-refractivity contribution is -0.000189. The van der Waals surface area contributed by atoms with Crippen molar-refractivity contribution in [3.05, 3.63) is 65.7 Å². The van der Waals surface area contributed by atoms with Crippen LogP contribution >= 0.6 is 0 Å². The molecule has 5 heteroatoms. The quantitative estimate of drug-likeness (QED) is 0.615. The second-order valence-corrected chi connectivity index (χ2v) is 9.09. The van der Waals surface area contributed by atoms with Gasteiger partial charge in [0.1, 0.15) is 11.9 Å². The monoisotopic (exact) mass is 436 g/mol. The van der Waals surface area contributed by atoms with Gasteiger partial charge in [-0.25, -0.2) is 0 Å². The molecule has 2 aromatic rings. The Balaban J connectivity index is 1.19. The maximum atomic E-state index is 12.7. The number of hydrogen-bond acceptors (Lipinski definition) is 4. The average Bonchev–Trinajstić information content (AvgIpc) is 2.85. The fourth-order valence-corrected chi connectivity index (χ4v) is 4.61. The molecule has 172 valence electrons. The molecule has 0 aromatic heterocycles. The molecule has 2 aliphatic rings. The van der Waals surface area contributed by atoms with Crippen LogP contribution in [0, 0.1) is 0 Å². The van der Waals surface area contributed by atoms with E-state index in [1.807, 2.05) is 31.3 Å². The summed E-state index contributed by atoms with van der Waals surface area (Å²) in [4.78, 5) is 17.0. The molecule has 2 fully saturated rings. The lowest BCUT2D eigenvalue weighted by Crippen LogP contribution is -2.39. The summed E-state index contributed by atoms with van der Waals surface area (Å²) in [5.74, 6) is 0.889. The number of carbonyl (C=O) groups excluding carboxylic acids is 1. The number of nitrogens with zero attached hydrogens (tertiary/aromatic N) is 2. The molecule has 32 heavy (non-hydrogen) atoms. The zero-order valence-electron chi connectivity index (χ0n) is 19.2. The predicted molar refractivity (Wildman–Crippen MR) is 127 cm³/mol. The zero-order chi connectivity index (χ0) is 22.2. The van der Waals surface area contributed by atoms with Crippen LogP contribution in [0.4, 0.5) is 0 Å². The molecule has 0 spiro atoms. The smallest absolute Gasteiger partial charge is 0.253 e. The van der Waals surface area contributed by atoms with Gasteiger partial charge in [-0.3, -0.25) is 4.79 Å². The summed E-state index contributed by atoms with van der Waals surface area (Å²) in [5.41, 5.74) is 2.10. The Labute approximate surface area is 192 Å². The first-order chi connectivity index (χ1) is 15.7. The number of ether oxygens (including phenoxy) is 2. The van der Waals surface area contributed by atoms with E-state index in [0.29, 0.717) is 12.1 Å². The van der Waals surface area contributed by atoms with Crippen LogP contribution in [0.5, 0.6) is 5.75 Å². The highest BCUT2D eigenvalue weighted by Gasteiger charge is 2.22. The second-order valence-electron chi connectivity index (χ2n) is 9.09. The number of piperidine rings is 1. The third-order valence-corrected chi connectivity index (χ3v) is 6.60. The molecule has 0 bridgehead atoms. The molecule has 2 heterocycles. The van der Waals surface area contributed by atoms with E-state index >= 15 is 0 Å². The number of carbonyl (C=O) groups is 1. The van der Waals surface area contributed by atoms with Gasteiger partial charge in [0, 0.05) is 45.4 Å². The molecular weight excluding hydrogens is 400 g/mol. The summed E-state index contributed by atoms with van der Waals surface area (Å²) in [6, 6.07) is 18.3. The standard InChI is InChI=1S/C27H36N2O3/c1-28(21-26-9-5-6-20-31-26)27(30)23-10-12-24(13-11-23)32-25-15-18-29(19-16-25)17-14-22-7-3-2-4-8-22/h2-4,7-8,10-13,25-26H,5-6,9,14-21H2,1H3/t26-/m1/s1. The number of likely N-dealkylation sites (N-methyl/N-ethyl adjacent to an activating group) is 1. The van der Waals surface area contributed by atoms with Crippen molar-refractivity contribution in [1.82, 2.24) is 9.80 Å². The van der Waals surface area contributed by atoms with E-state index in [4.69, 9.17) is 9.47 Å². The second kappa shape index (κ2) is 11.5. The molecule has 0 saturated carbocycles. The highest BCUT2D eigenvalue weighted by molar-refractivity contribution is 5.94. The van der Waals surface area contributed by atoms with E-state index in [1.165, 1.54) is 12.0 Å². The molecule has 1 amide bonds. The fraction of sp³-hybridized carbons (Fsp3) is 0.519. The fourth-order valence-electron chi connectivity index (χ4n) is 4.61. The Hall–Kier alpha value is -2.37.